The van der Waals surface area contributed by atoms with E-state index in [4.69, 9.17) is 4.74 Å². The van der Waals surface area contributed by atoms with Crippen LogP contribution in [0.2, 0.25) is 0 Å². The van der Waals surface area contributed by atoms with Crippen molar-refractivity contribution in [3.05, 3.63) is 71.4 Å². The van der Waals surface area contributed by atoms with E-state index >= 15 is 0 Å². The predicted molar refractivity (Wildman–Crippen MR) is 144 cm³/mol. The number of rotatable bonds is 9. The number of nitrogens with one attached hydrogen (secondary N) is 1. The molecule has 0 spiro atoms. The molecular formula is C26H28N4O4S2. The first kappa shape index (κ1) is 25.6. The molecule has 0 saturated heterocycles. The Kier molecular flexibility index (Phi) is 7.56. The van der Waals surface area contributed by atoms with Crippen LogP contribution in [0.15, 0.2) is 65.8 Å². The van der Waals surface area contributed by atoms with Gasteiger partial charge in [-0.2, -0.15) is 0 Å². The van der Waals surface area contributed by atoms with E-state index in [1.807, 2.05) is 26.8 Å². The van der Waals surface area contributed by atoms with Crippen molar-refractivity contribution >= 4 is 54.7 Å². The Morgan fingerprint density at radius 2 is 1.78 bits per heavy atom. The van der Waals surface area contributed by atoms with E-state index in [9.17, 15) is 13.2 Å². The molecule has 0 fully saturated rings. The van der Waals surface area contributed by atoms with Crippen molar-refractivity contribution < 1.29 is 17.9 Å². The molecule has 0 atom stereocenters. The van der Waals surface area contributed by atoms with Gasteiger partial charge < -0.3 is 10.1 Å². The second-order valence-corrected chi connectivity index (χ2v) is 11.4. The third kappa shape index (κ3) is 5.05. The van der Waals surface area contributed by atoms with Crippen molar-refractivity contribution in [2.24, 2.45) is 5.92 Å². The fourth-order valence-corrected chi connectivity index (χ4v) is 6.46. The van der Waals surface area contributed by atoms with Crippen molar-refractivity contribution in [2.45, 2.75) is 32.6 Å². The number of esters is 1. The molecule has 4 aromatic rings. The molecule has 0 amide bonds. The van der Waals surface area contributed by atoms with Gasteiger partial charge in [-0.3, -0.25) is 4.31 Å². The number of sulfonamides is 1. The fraction of sp³-hybridized carbons (Fsp3) is 0.269. The first-order valence-electron chi connectivity index (χ1n) is 11.6. The summed E-state index contributed by atoms with van der Waals surface area (Å²) in [5.74, 6) is 0.235. The third-order valence-corrected chi connectivity index (χ3v) is 8.64. The Morgan fingerprint density at radius 1 is 1.08 bits per heavy atom. The zero-order valence-corrected chi connectivity index (χ0v) is 22.2. The van der Waals surface area contributed by atoms with Crippen molar-refractivity contribution in [3.8, 4) is 0 Å². The zero-order chi connectivity index (χ0) is 25.9. The lowest BCUT2D eigenvalue weighted by atomic mass is 10.2. The highest BCUT2D eigenvalue weighted by molar-refractivity contribution is 7.93. The van der Waals surface area contributed by atoms with Gasteiger partial charge in [0.25, 0.3) is 10.0 Å². The number of anilines is 3. The molecule has 2 aromatic heterocycles. The highest BCUT2D eigenvalue weighted by Crippen LogP contribution is 2.36. The standard InChI is InChI=1S/C26H28N4O4S2/c1-5-30(19-11-7-6-8-12-19)36(32,33)21-14-10-9-13-20(21)29-24-22-18(4)23(26(31)34-15-17(2)3)35-25(22)28-16-27-24/h6-14,16-17H,5,15H2,1-4H3,(H,27,28,29). The molecule has 0 bridgehead atoms. The maximum atomic E-state index is 13.7. The van der Waals surface area contributed by atoms with Crippen LogP contribution >= 0.6 is 11.3 Å². The monoisotopic (exact) mass is 524 g/mol. The van der Waals surface area contributed by atoms with Crippen LogP contribution in [0.25, 0.3) is 10.2 Å². The quantitative estimate of drug-likeness (QED) is 0.277. The molecule has 4 rings (SSSR count). The summed E-state index contributed by atoms with van der Waals surface area (Å²) < 4.78 is 34.2. The van der Waals surface area contributed by atoms with Crippen LogP contribution in [0, 0.1) is 12.8 Å². The molecule has 188 valence electrons. The van der Waals surface area contributed by atoms with Crippen molar-refractivity contribution in [1.82, 2.24) is 9.97 Å². The lowest BCUT2D eigenvalue weighted by Crippen LogP contribution is -2.31. The number of hydrogen-bond donors (Lipinski definition) is 1. The van der Waals surface area contributed by atoms with Gasteiger partial charge in [0.1, 0.15) is 26.7 Å². The zero-order valence-electron chi connectivity index (χ0n) is 20.6. The molecule has 2 aromatic carbocycles. The number of hydrogen-bond acceptors (Lipinski definition) is 8. The molecule has 0 unspecified atom stereocenters. The molecule has 1 N–H and O–H groups in total. The summed E-state index contributed by atoms with van der Waals surface area (Å²) in [5, 5.41) is 3.85. The minimum atomic E-state index is -3.89. The molecular weight excluding hydrogens is 496 g/mol. The second-order valence-electron chi connectivity index (χ2n) is 8.58. The molecule has 36 heavy (non-hydrogen) atoms. The van der Waals surface area contributed by atoms with E-state index in [0.717, 1.165) is 0 Å². The Morgan fingerprint density at radius 3 is 2.47 bits per heavy atom. The van der Waals surface area contributed by atoms with Gasteiger partial charge in [0.2, 0.25) is 0 Å². The molecule has 0 radical (unpaired) electrons. The second kappa shape index (κ2) is 10.6. The molecule has 0 aliphatic rings. The summed E-state index contributed by atoms with van der Waals surface area (Å²) >= 11 is 1.23. The summed E-state index contributed by atoms with van der Waals surface area (Å²) in [5.41, 5.74) is 1.64. The van der Waals surface area contributed by atoms with Crippen LogP contribution in [-0.2, 0) is 14.8 Å². The number of carbonyl (C=O) groups excluding carboxylic acids is 1. The number of aryl methyl sites for hydroxylation is 1. The average Bonchev–Trinajstić information content (AvgIpc) is 3.21. The van der Waals surface area contributed by atoms with E-state index in [1.54, 1.807) is 55.5 Å². The topological polar surface area (TPSA) is 101 Å². The molecule has 8 nitrogen and oxygen atoms in total. The first-order chi connectivity index (χ1) is 17.2. The van der Waals surface area contributed by atoms with E-state index in [0.29, 0.717) is 44.5 Å². The maximum absolute atomic E-state index is 13.7. The molecule has 10 heteroatoms. The third-order valence-electron chi connectivity index (χ3n) is 5.50. The largest absolute Gasteiger partial charge is 0.461 e. The average molecular weight is 525 g/mol. The van der Waals surface area contributed by atoms with Gasteiger partial charge in [0.05, 0.1) is 23.4 Å². The first-order valence-corrected chi connectivity index (χ1v) is 13.8. The van der Waals surface area contributed by atoms with Gasteiger partial charge in [-0.25, -0.2) is 23.2 Å². The van der Waals surface area contributed by atoms with Crippen LogP contribution in [0.3, 0.4) is 0 Å². The fourth-order valence-electron chi connectivity index (χ4n) is 3.80. The van der Waals surface area contributed by atoms with Gasteiger partial charge >= 0.3 is 5.97 Å². The number of para-hydroxylation sites is 2. The van der Waals surface area contributed by atoms with Crippen molar-refractivity contribution in [2.75, 3.05) is 22.8 Å². The minimum absolute atomic E-state index is 0.118. The lowest BCUT2D eigenvalue weighted by molar-refractivity contribution is 0.0464. The van der Waals surface area contributed by atoms with E-state index in [2.05, 4.69) is 15.3 Å². The Balaban J connectivity index is 1.74. The summed E-state index contributed by atoms with van der Waals surface area (Å²) in [6, 6.07) is 15.7. The van der Waals surface area contributed by atoms with E-state index in [-0.39, 0.29) is 17.4 Å². The molecule has 0 aliphatic heterocycles. The molecule has 2 heterocycles. The highest BCUT2D eigenvalue weighted by Gasteiger charge is 2.27. The number of benzene rings is 2. The Hall–Kier alpha value is -3.50. The number of aromatic nitrogens is 2. The van der Waals surface area contributed by atoms with Gasteiger partial charge in [-0.1, -0.05) is 44.2 Å². The maximum Gasteiger partial charge on any atom is 0.348 e. The van der Waals surface area contributed by atoms with E-state index in [1.165, 1.54) is 22.0 Å². The SMILES string of the molecule is CCN(c1ccccc1)S(=O)(=O)c1ccccc1Nc1ncnc2sc(C(=O)OCC(C)C)c(C)c12. The normalized spacial score (nSPS) is 11.6. The van der Waals surface area contributed by atoms with Crippen molar-refractivity contribution in [3.63, 3.8) is 0 Å². The molecule has 0 aliphatic carbocycles. The Labute approximate surface area is 215 Å². The van der Waals surface area contributed by atoms with Gasteiger partial charge in [-0.15, -0.1) is 11.3 Å². The number of ether oxygens (including phenoxy) is 1. The van der Waals surface area contributed by atoms with Crippen LogP contribution in [0.5, 0.6) is 0 Å². The summed E-state index contributed by atoms with van der Waals surface area (Å²) in [6.07, 6.45) is 1.39. The lowest BCUT2D eigenvalue weighted by Gasteiger charge is -2.24. The van der Waals surface area contributed by atoms with Crippen LogP contribution < -0.4 is 9.62 Å². The van der Waals surface area contributed by atoms with Gasteiger partial charge in [-0.05, 0) is 49.6 Å². The van der Waals surface area contributed by atoms with Crippen LogP contribution in [0.1, 0.15) is 36.0 Å². The number of nitrogens with zero attached hydrogens (tertiary/aromatic N) is 3. The van der Waals surface area contributed by atoms with Crippen molar-refractivity contribution in [1.29, 1.82) is 0 Å². The van der Waals surface area contributed by atoms with Crippen LogP contribution in [-0.4, -0.2) is 37.5 Å². The summed E-state index contributed by atoms with van der Waals surface area (Å²) in [4.78, 5) is 22.6. The van der Waals surface area contributed by atoms with E-state index < -0.39 is 16.0 Å². The highest BCUT2D eigenvalue weighted by atomic mass is 32.2. The predicted octanol–water partition coefficient (Wildman–Crippen LogP) is 5.77. The van der Waals surface area contributed by atoms with Gasteiger partial charge in [0.15, 0.2) is 0 Å². The Bertz CT molecular complexity index is 1480. The number of carbonyl (C=O) groups is 1. The number of fused-ring (bicyclic) bond motifs is 1. The number of thiophene rings is 1. The smallest absolute Gasteiger partial charge is 0.348 e. The summed E-state index contributed by atoms with van der Waals surface area (Å²) in [7, 11) is -3.89. The molecule has 0 saturated carbocycles. The van der Waals surface area contributed by atoms with Crippen LogP contribution in [0.4, 0.5) is 17.2 Å². The van der Waals surface area contributed by atoms with Gasteiger partial charge in [0, 0.05) is 6.54 Å². The minimum Gasteiger partial charge on any atom is -0.461 e. The summed E-state index contributed by atoms with van der Waals surface area (Å²) in [6.45, 7) is 8.15.